The van der Waals surface area contributed by atoms with Gasteiger partial charge in [-0.05, 0) is 25.0 Å². The van der Waals surface area contributed by atoms with Crippen LogP contribution in [0.3, 0.4) is 0 Å². The molecule has 4 N–H and O–H groups in total. The maximum absolute atomic E-state index is 13.6. The van der Waals surface area contributed by atoms with Crippen LogP contribution in [0.1, 0.15) is 26.7 Å². The number of halogens is 1. The van der Waals surface area contributed by atoms with E-state index in [1.165, 1.54) is 13.2 Å². The van der Waals surface area contributed by atoms with Crippen molar-refractivity contribution in [3.05, 3.63) is 24.0 Å². The first kappa shape index (κ1) is 16.1. The van der Waals surface area contributed by atoms with Crippen molar-refractivity contribution in [1.29, 1.82) is 0 Å². The molecule has 0 unspecified atom stereocenters. The molecule has 1 aromatic rings. The van der Waals surface area contributed by atoms with Gasteiger partial charge in [-0.1, -0.05) is 19.0 Å². The van der Waals surface area contributed by atoms with Crippen LogP contribution in [0.4, 0.5) is 10.1 Å². The second-order valence-electron chi connectivity index (χ2n) is 5.25. The summed E-state index contributed by atoms with van der Waals surface area (Å²) in [7, 11) is 1.54. The van der Waals surface area contributed by atoms with Crippen molar-refractivity contribution in [2.75, 3.05) is 19.0 Å². The SMILES string of the molecule is COc1ccc(F)c(NCCCC(C)(C)/C(N)=N/O)c1. The van der Waals surface area contributed by atoms with Crippen molar-refractivity contribution >= 4 is 11.5 Å². The molecule has 5 nitrogen and oxygen atoms in total. The molecule has 0 saturated carbocycles. The highest BCUT2D eigenvalue weighted by atomic mass is 19.1. The molecule has 6 heteroatoms. The zero-order valence-electron chi connectivity index (χ0n) is 12.1. The first-order valence-corrected chi connectivity index (χ1v) is 6.46. The summed E-state index contributed by atoms with van der Waals surface area (Å²) in [5.74, 6) is 0.484. The number of methoxy groups -OCH3 is 1. The van der Waals surface area contributed by atoms with Crippen LogP contribution in [0.15, 0.2) is 23.4 Å². The number of nitrogens with one attached hydrogen (secondary N) is 1. The van der Waals surface area contributed by atoms with Crippen molar-refractivity contribution in [1.82, 2.24) is 0 Å². The van der Waals surface area contributed by atoms with E-state index in [1.807, 2.05) is 13.8 Å². The van der Waals surface area contributed by atoms with E-state index in [9.17, 15) is 4.39 Å². The molecule has 0 fully saturated rings. The van der Waals surface area contributed by atoms with Crippen LogP contribution < -0.4 is 15.8 Å². The average molecular weight is 283 g/mol. The number of nitrogens with two attached hydrogens (primary N) is 1. The predicted molar refractivity (Wildman–Crippen MR) is 77.9 cm³/mol. The Bertz CT molecular complexity index is 475. The molecule has 0 aromatic heterocycles. The highest BCUT2D eigenvalue weighted by Crippen LogP contribution is 2.24. The fourth-order valence-electron chi connectivity index (χ4n) is 1.78. The van der Waals surface area contributed by atoms with Crippen LogP contribution in [-0.4, -0.2) is 24.7 Å². The molecule has 0 aliphatic carbocycles. The van der Waals surface area contributed by atoms with Gasteiger partial charge in [-0.25, -0.2) is 4.39 Å². The lowest BCUT2D eigenvalue weighted by atomic mass is 9.86. The van der Waals surface area contributed by atoms with Gasteiger partial charge in [0.25, 0.3) is 0 Å². The normalized spacial score (nSPS) is 12.3. The van der Waals surface area contributed by atoms with Crippen LogP contribution >= 0.6 is 0 Å². The van der Waals surface area contributed by atoms with E-state index in [2.05, 4.69) is 10.5 Å². The zero-order chi connectivity index (χ0) is 15.2. The molecule has 0 saturated heterocycles. The Morgan fingerprint density at radius 2 is 2.20 bits per heavy atom. The lowest BCUT2D eigenvalue weighted by molar-refractivity contribution is 0.305. The lowest BCUT2D eigenvalue weighted by Gasteiger charge is -2.22. The molecule has 1 aromatic carbocycles. The minimum Gasteiger partial charge on any atom is -0.497 e. The quantitative estimate of drug-likeness (QED) is 0.236. The van der Waals surface area contributed by atoms with E-state index in [0.717, 1.165) is 12.8 Å². The number of oxime groups is 1. The van der Waals surface area contributed by atoms with Gasteiger partial charge in [0.2, 0.25) is 0 Å². The second kappa shape index (κ2) is 6.98. The molecule has 0 aliphatic rings. The van der Waals surface area contributed by atoms with E-state index >= 15 is 0 Å². The lowest BCUT2D eigenvalue weighted by Crippen LogP contribution is -2.32. The topological polar surface area (TPSA) is 79.9 Å². The second-order valence-corrected chi connectivity index (χ2v) is 5.25. The van der Waals surface area contributed by atoms with Gasteiger partial charge in [-0.3, -0.25) is 0 Å². The Morgan fingerprint density at radius 1 is 1.50 bits per heavy atom. The number of hydrogen-bond acceptors (Lipinski definition) is 4. The Hall–Kier alpha value is -1.98. The summed E-state index contributed by atoms with van der Waals surface area (Å²) in [5.41, 5.74) is 5.63. The van der Waals surface area contributed by atoms with Crippen molar-refractivity contribution < 1.29 is 14.3 Å². The number of amidine groups is 1. The Balaban J connectivity index is 2.49. The molecule has 0 spiro atoms. The Kier molecular flexibility index (Phi) is 5.61. The molecule has 0 bridgehead atoms. The smallest absolute Gasteiger partial charge is 0.146 e. The van der Waals surface area contributed by atoms with Crippen molar-refractivity contribution in [2.45, 2.75) is 26.7 Å². The van der Waals surface area contributed by atoms with E-state index in [0.29, 0.717) is 18.0 Å². The first-order chi connectivity index (χ1) is 9.40. The fourth-order valence-corrected chi connectivity index (χ4v) is 1.78. The number of anilines is 1. The van der Waals surface area contributed by atoms with Crippen LogP contribution in [0.25, 0.3) is 0 Å². The Morgan fingerprint density at radius 3 is 2.80 bits per heavy atom. The van der Waals surface area contributed by atoms with Crippen molar-refractivity contribution in [3.63, 3.8) is 0 Å². The van der Waals surface area contributed by atoms with Gasteiger partial charge < -0.3 is 21.0 Å². The summed E-state index contributed by atoms with van der Waals surface area (Å²) in [5, 5.41) is 14.7. The van der Waals surface area contributed by atoms with Crippen LogP contribution in [0.2, 0.25) is 0 Å². The summed E-state index contributed by atoms with van der Waals surface area (Å²) < 4.78 is 18.6. The standard InChI is InChI=1S/C14H22FN3O2/c1-14(2,13(16)18-19)7-4-8-17-12-9-10(20-3)5-6-11(12)15/h5-6,9,17,19H,4,7-8H2,1-3H3,(H2,16,18). The van der Waals surface area contributed by atoms with Gasteiger partial charge in [-0.2, -0.15) is 0 Å². The Labute approximate surface area is 118 Å². The van der Waals surface area contributed by atoms with Gasteiger partial charge in [0.1, 0.15) is 17.4 Å². The summed E-state index contributed by atoms with van der Waals surface area (Å²) in [6, 6.07) is 4.55. The highest BCUT2D eigenvalue weighted by molar-refractivity contribution is 5.85. The number of ether oxygens (including phenoxy) is 1. The van der Waals surface area contributed by atoms with E-state index in [1.54, 1.807) is 12.1 Å². The zero-order valence-corrected chi connectivity index (χ0v) is 12.1. The number of nitrogens with zero attached hydrogens (tertiary/aromatic N) is 1. The first-order valence-electron chi connectivity index (χ1n) is 6.46. The maximum Gasteiger partial charge on any atom is 0.146 e. The highest BCUT2D eigenvalue weighted by Gasteiger charge is 2.22. The van der Waals surface area contributed by atoms with E-state index < -0.39 is 0 Å². The average Bonchev–Trinajstić information content (AvgIpc) is 2.44. The molecule has 112 valence electrons. The number of hydrogen-bond donors (Lipinski definition) is 3. The maximum atomic E-state index is 13.6. The summed E-state index contributed by atoms with van der Waals surface area (Å²) in [4.78, 5) is 0. The molecule has 20 heavy (non-hydrogen) atoms. The molecule has 0 radical (unpaired) electrons. The minimum atomic E-state index is -0.386. The predicted octanol–water partition coefficient (Wildman–Crippen LogP) is 2.80. The third-order valence-corrected chi connectivity index (χ3v) is 3.27. The van der Waals surface area contributed by atoms with Gasteiger partial charge in [0, 0.05) is 18.0 Å². The monoisotopic (exact) mass is 283 g/mol. The molecule has 0 heterocycles. The molecule has 1 rings (SSSR count). The van der Waals surface area contributed by atoms with Gasteiger partial charge in [0.05, 0.1) is 12.8 Å². The van der Waals surface area contributed by atoms with Crippen molar-refractivity contribution in [2.24, 2.45) is 16.3 Å². The van der Waals surface area contributed by atoms with Crippen LogP contribution in [0, 0.1) is 11.2 Å². The summed E-state index contributed by atoms with van der Waals surface area (Å²) in [6.07, 6.45) is 1.49. The molecular formula is C14H22FN3O2. The van der Waals surface area contributed by atoms with Crippen LogP contribution in [-0.2, 0) is 0 Å². The third kappa shape index (κ3) is 4.29. The van der Waals surface area contributed by atoms with Gasteiger partial charge in [-0.15, -0.1) is 0 Å². The molecule has 0 aliphatic heterocycles. The fraction of sp³-hybridized carbons (Fsp3) is 0.500. The minimum absolute atomic E-state index is 0.199. The van der Waals surface area contributed by atoms with Crippen LogP contribution in [0.5, 0.6) is 5.75 Å². The molecule has 0 atom stereocenters. The van der Waals surface area contributed by atoms with E-state index in [4.69, 9.17) is 15.7 Å². The third-order valence-electron chi connectivity index (χ3n) is 3.27. The van der Waals surface area contributed by atoms with Gasteiger partial charge >= 0.3 is 0 Å². The number of rotatable bonds is 7. The largest absolute Gasteiger partial charge is 0.497 e. The summed E-state index contributed by atoms with van der Waals surface area (Å²) in [6.45, 7) is 4.38. The molecule has 0 amide bonds. The van der Waals surface area contributed by atoms with E-state index in [-0.39, 0.29) is 17.1 Å². The number of benzene rings is 1. The summed E-state index contributed by atoms with van der Waals surface area (Å²) >= 11 is 0. The van der Waals surface area contributed by atoms with Crippen molar-refractivity contribution in [3.8, 4) is 5.75 Å². The molecular weight excluding hydrogens is 261 g/mol. The van der Waals surface area contributed by atoms with Gasteiger partial charge in [0.15, 0.2) is 0 Å².